The zero-order chi connectivity index (χ0) is 21.1. The van der Waals surface area contributed by atoms with Crippen molar-refractivity contribution in [1.82, 2.24) is 14.7 Å². The first-order valence-electron chi connectivity index (χ1n) is 8.65. The lowest BCUT2D eigenvalue weighted by Crippen LogP contribution is -2.23. The van der Waals surface area contributed by atoms with Crippen molar-refractivity contribution < 1.29 is 13.2 Å². The Bertz CT molecular complexity index is 1100. The van der Waals surface area contributed by atoms with E-state index >= 15 is 0 Å². The van der Waals surface area contributed by atoms with E-state index in [1.165, 1.54) is 12.3 Å². The molecule has 5 nitrogen and oxygen atoms in total. The van der Waals surface area contributed by atoms with Gasteiger partial charge in [0.1, 0.15) is 22.3 Å². The average Bonchev–Trinajstić information content (AvgIpc) is 2.65. The van der Waals surface area contributed by atoms with Crippen molar-refractivity contribution in [2.45, 2.75) is 13.1 Å². The van der Waals surface area contributed by atoms with Gasteiger partial charge in [0, 0.05) is 24.7 Å². The summed E-state index contributed by atoms with van der Waals surface area (Å²) >= 11 is 6.10. The minimum atomic E-state index is -0.940. The van der Waals surface area contributed by atoms with Gasteiger partial charge in [-0.05, 0) is 37.9 Å². The van der Waals surface area contributed by atoms with Crippen molar-refractivity contribution in [1.29, 1.82) is 0 Å². The molecule has 1 heterocycles. The van der Waals surface area contributed by atoms with Crippen molar-refractivity contribution in [3.05, 3.63) is 86.6 Å². The lowest BCUT2D eigenvalue weighted by atomic mass is 10.1. The van der Waals surface area contributed by atoms with Crippen molar-refractivity contribution in [3.63, 3.8) is 0 Å². The summed E-state index contributed by atoms with van der Waals surface area (Å²) in [5.41, 5.74) is 0.448. The minimum absolute atomic E-state index is 0.203. The van der Waals surface area contributed by atoms with Crippen molar-refractivity contribution in [3.8, 4) is 5.69 Å². The molecule has 0 spiro atoms. The summed E-state index contributed by atoms with van der Waals surface area (Å²) in [5, 5.41) is 6.60. The molecule has 0 aliphatic carbocycles. The number of anilines is 1. The predicted molar refractivity (Wildman–Crippen MR) is 106 cm³/mol. The van der Waals surface area contributed by atoms with Crippen molar-refractivity contribution in [2.75, 3.05) is 19.4 Å². The quantitative estimate of drug-likeness (QED) is 0.653. The smallest absolute Gasteiger partial charge is 0.292 e. The monoisotopic (exact) mass is 422 g/mol. The van der Waals surface area contributed by atoms with E-state index in [4.69, 9.17) is 11.6 Å². The van der Waals surface area contributed by atoms with Crippen LogP contribution in [0.4, 0.5) is 18.9 Å². The highest BCUT2D eigenvalue weighted by atomic mass is 35.5. The number of hydrogen-bond acceptors (Lipinski definition) is 4. The standard InChI is InChI=1S/C20H18ClF3N4O/c1-27(2)11-13-4-3-12(7-15(13)23)9-25-17-10-26-28(20(29)19(17)21)18-6-5-14(22)8-16(18)24/h3-8,10,25H,9,11H2,1-2H3. The summed E-state index contributed by atoms with van der Waals surface area (Å²) in [4.78, 5) is 14.3. The van der Waals surface area contributed by atoms with Crippen LogP contribution in [0.5, 0.6) is 0 Å². The number of nitrogens with one attached hydrogen (secondary N) is 1. The second-order valence-corrected chi connectivity index (χ2v) is 7.08. The summed E-state index contributed by atoms with van der Waals surface area (Å²) in [6, 6.07) is 7.63. The maximum Gasteiger partial charge on any atom is 0.292 e. The average molecular weight is 423 g/mol. The van der Waals surface area contributed by atoms with Gasteiger partial charge in [0.2, 0.25) is 0 Å². The van der Waals surface area contributed by atoms with Gasteiger partial charge in [0.25, 0.3) is 5.56 Å². The van der Waals surface area contributed by atoms with E-state index in [9.17, 15) is 18.0 Å². The molecule has 0 unspecified atom stereocenters. The molecule has 9 heteroatoms. The molecule has 3 rings (SSSR count). The SMILES string of the molecule is CN(C)Cc1ccc(CNc2cnn(-c3ccc(F)cc3F)c(=O)c2Cl)cc1F. The van der Waals surface area contributed by atoms with Crippen LogP contribution in [-0.2, 0) is 13.1 Å². The molecular weight excluding hydrogens is 405 g/mol. The number of hydrogen-bond donors (Lipinski definition) is 1. The van der Waals surface area contributed by atoms with Gasteiger partial charge in [-0.15, -0.1) is 0 Å². The molecular formula is C20H18ClF3N4O. The van der Waals surface area contributed by atoms with Crippen LogP contribution in [0, 0.1) is 17.5 Å². The molecule has 0 bridgehead atoms. The molecule has 2 aromatic carbocycles. The van der Waals surface area contributed by atoms with Crippen LogP contribution < -0.4 is 10.9 Å². The highest BCUT2D eigenvalue weighted by Crippen LogP contribution is 2.20. The molecule has 0 aliphatic heterocycles. The first kappa shape index (κ1) is 20.9. The van der Waals surface area contributed by atoms with Gasteiger partial charge in [-0.2, -0.15) is 9.78 Å². The van der Waals surface area contributed by atoms with Crippen LogP contribution in [0.1, 0.15) is 11.1 Å². The van der Waals surface area contributed by atoms with E-state index in [1.54, 1.807) is 12.1 Å². The first-order valence-corrected chi connectivity index (χ1v) is 9.03. The molecule has 0 fully saturated rings. The fourth-order valence-corrected chi connectivity index (χ4v) is 2.94. The van der Waals surface area contributed by atoms with Gasteiger partial charge in [0.15, 0.2) is 5.82 Å². The van der Waals surface area contributed by atoms with E-state index in [-0.39, 0.29) is 28.8 Å². The number of halogens is 4. The third kappa shape index (κ3) is 4.78. The van der Waals surface area contributed by atoms with Crippen LogP contribution in [0.15, 0.2) is 47.4 Å². The molecule has 0 atom stereocenters. The first-order chi connectivity index (χ1) is 13.8. The van der Waals surface area contributed by atoms with Crippen molar-refractivity contribution in [2.24, 2.45) is 0 Å². The normalized spacial score (nSPS) is 11.1. The Balaban J connectivity index is 1.80. The maximum absolute atomic E-state index is 14.2. The van der Waals surface area contributed by atoms with Crippen LogP contribution in [0.3, 0.4) is 0 Å². The molecule has 0 radical (unpaired) electrons. The Kier molecular flexibility index (Phi) is 6.24. The Labute approximate surface area is 170 Å². The zero-order valence-corrected chi connectivity index (χ0v) is 16.5. The van der Waals surface area contributed by atoms with E-state index < -0.39 is 17.2 Å². The number of nitrogens with zero attached hydrogens (tertiary/aromatic N) is 3. The Morgan fingerprint density at radius 1 is 1.10 bits per heavy atom. The molecule has 152 valence electrons. The second-order valence-electron chi connectivity index (χ2n) is 6.70. The highest BCUT2D eigenvalue weighted by Gasteiger charge is 2.14. The maximum atomic E-state index is 14.2. The molecule has 1 aromatic heterocycles. The Morgan fingerprint density at radius 2 is 1.86 bits per heavy atom. The molecule has 0 aliphatic rings. The van der Waals surface area contributed by atoms with Gasteiger partial charge in [-0.3, -0.25) is 4.79 Å². The summed E-state index contributed by atoms with van der Waals surface area (Å²) in [7, 11) is 3.70. The fraction of sp³-hybridized carbons (Fsp3) is 0.200. The number of aromatic nitrogens is 2. The van der Waals surface area contributed by atoms with Gasteiger partial charge in [-0.25, -0.2) is 13.2 Å². The van der Waals surface area contributed by atoms with E-state index in [0.29, 0.717) is 23.7 Å². The minimum Gasteiger partial charge on any atom is -0.378 e. The van der Waals surface area contributed by atoms with Gasteiger partial charge in [-0.1, -0.05) is 23.7 Å². The van der Waals surface area contributed by atoms with Crippen molar-refractivity contribution >= 4 is 17.3 Å². The predicted octanol–water partition coefficient (Wildman–Crippen LogP) is 3.98. The summed E-state index contributed by atoms with van der Waals surface area (Å²) < 4.78 is 41.9. The zero-order valence-electron chi connectivity index (χ0n) is 15.7. The van der Waals surface area contributed by atoms with E-state index in [2.05, 4.69) is 10.4 Å². The molecule has 1 N–H and O–H groups in total. The topological polar surface area (TPSA) is 50.2 Å². The van der Waals surface area contributed by atoms with Crippen LogP contribution >= 0.6 is 11.6 Å². The van der Waals surface area contributed by atoms with Gasteiger partial charge >= 0.3 is 0 Å². The van der Waals surface area contributed by atoms with E-state index in [0.717, 1.165) is 16.8 Å². The van der Waals surface area contributed by atoms with Gasteiger partial charge < -0.3 is 10.2 Å². The number of benzene rings is 2. The fourth-order valence-electron chi connectivity index (χ4n) is 2.75. The van der Waals surface area contributed by atoms with Crippen LogP contribution in [0.25, 0.3) is 5.69 Å². The molecule has 0 amide bonds. The van der Waals surface area contributed by atoms with E-state index in [1.807, 2.05) is 19.0 Å². The van der Waals surface area contributed by atoms with Crippen LogP contribution in [-0.4, -0.2) is 28.8 Å². The molecule has 0 saturated heterocycles. The number of rotatable bonds is 6. The summed E-state index contributed by atoms with van der Waals surface area (Å²) in [6.07, 6.45) is 1.25. The second kappa shape index (κ2) is 8.67. The third-order valence-electron chi connectivity index (χ3n) is 4.14. The Morgan fingerprint density at radius 3 is 2.52 bits per heavy atom. The largest absolute Gasteiger partial charge is 0.378 e. The highest BCUT2D eigenvalue weighted by molar-refractivity contribution is 6.32. The Hall–Kier alpha value is -2.84. The van der Waals surface area contributed by atoms with Crippen LogP contribution in [0.2, 0.25) is 5.02 Å². The summed E-state index contributed by atoms with van der Waals surface area (Å²) in [5.74, 6) is -2.04. The lowest BCUT2D eigenvalue weighted by molar-refractivity contribution is 0.392. The molecule has 29 heavy (non-hydrogen) atoms. The molecule has 0 saturated carbocycles. The lowest BCUT2D eigenvalue weighted by Gasteiger charge is -2.13. The van der Waals surface area contributed by atoms with Gasteiger partial charge in [0.05, 0.1) is 11.9 Å². The summed E-state index contributed by atoms with van der Waals surface area (Å²) in [6.45, 7) is 0.683. The molecule has 3 aromatic rings. The third-order valence-corrected chi connectivity index (χ3v) is 4.51.